The SMILES string of the molecule is CCn1nc(-c2ccc(OC)cc2F)cc1C(=O)N[C@H]1CCCc2ccccc21. The highest BCUT2D eigenvalue weighted by atomic mass is 19.1. The van der Waals surface area contributed by atoms with Crippen LogP contribution < -0.4 is 10.1 Å². The number of amides is 1. The van der Waals surface area contributed by atoms with Crippen LogP contribution in [0.2, 0.25) is 0 Å². The number of carbonyl (C=O) groups is 1. The molecule has 6 heteroatoms. The molecule has 3 aromatic rings. The maximum atomic E-state index is 14.5. The molecule has 0 saturated heterocycles. The fourth-order valence-corrected chi connectivity index (χ4v) is 3.94. The van der Waals surface area contributed by atoms with Gasteiger partial charge in [-0.05, 0) is 55.5 Å². The van der Waals surface area contributed by atoms with Crippen LogP contribution in [0.5, 0.6) is 5.75 Å². The van der Waals surface area contributed by atoms with E-state index in [4.69, 9.17) is 4.74 Å². The van der Waals surface area contributed by atoms with Crippen LogP contribution in [-0.4, -0.2) is 22.8 Å². The molecule has 150 valence electrons. The maximum Gasteiger partial charge on any atom is 0.270 e. The molecule has 2 aromatic carbocycles. The minimum atomic E-state index is -0.432. The van der Waals surface area contributed by atoms with E-state index in [2.05, 4.69) is 22.5 Å². The average molecular weight is 393 g/mol. The number of rotatable bonds is 5. The topological polar surface area (TPSA) is 56.2 Å². The summed E-state index contributed by atoms with van der Waals surface area (Å²) < 4.78 is 21.1. The van der Waals surface area contributed by atoms with Crippen LogP contribution in [0.25, 0.3) is 11.3 Å². The number of carbonyl (C=O) groups excluding carboxylic acids is 1. The van der Waals surface area contributed by atoms with Crippen LogP contribution in [0.3, 0.4) is 0 Å². The molecule has 0 aliphatic heterocycles. The number of fused-ring (bicyclic) bond motifs is 1. The van der Waals surface area contributed by atoms with Gasteiger partial charge in [0.25, 0.3) is 5.91 Å². The van der Waals surface area contributed by atoms with Crippen LogP contribution in [0.15, 0.2) is 48.5 Å². The first-order valence-corrected chi connectivity index (χ1v) is 9.91. The molecule has 0 radical (unpaired) electrons. The van der Waals surface area contributed by atoms with Gasteiger partial charge >= 0.3 is 0 Å². The van der Waals surface area contributed by atoms with Crippen LogP contribution in [0.1, 0.15) is 47.4 Å². The van der Waals surface area contributed by atoms with E-state index in [-0.39, 0.29) is 11.9 Å². The predicted molar refractivity (Wildman–Crippen MR) is 109 cm³/mol. The molecule has 1 aliphatic carbocycles. The van der Waals surface area contributed by atoms with Crippen molar-refractivity contribution >= 4 is 5.91 Å². The largest absolute Gasteiger partial charge is 0.497 e. The highest BCUT2D eigenvalue weighted by Gasteiger charge is 2.24. The quantitative estimate of drug-likeness (QED) is 0.693. The highest BCUT2D eigenvalue weighted by Crippen LogP contribution is 2.30. The molecule has 0 spiro atoms. The van der Waals surface area contributed by atoms with E-state index in [1.54, 1.807) is 22.9 Å². The predicted octanol–water partition coefficient (Wildman–Crippen LogP) is 4.53. The van der Waals surface area contributed by atoms with Crippen LogP contribution in [-0.2, 0) is 13.0 Å². The van der Waals surface area contributed by atoms with Crippen molar-refractivity contribution < 1.29 is 13.9 Å². The summed E-state index contributed by atoms with van der Waals surface area (Å²) in [5.41, 5.74) is 3.67. The number of aryl methyl sites for hydroxylation is 2. The molecule has 0 bridgehead atoms. The fraction of sp³-hybridized carbons (Fsp3) is 0.304. The number of hydrogen-bond donors (Lipinski definition) is 1. The zero-order valence-electron chi connectivity index (χ0n) is 16.6. The van der Waals surface area contributed by atoms with Crippen molar-refractivity contribution in [2.45, 2.75) is 38.8 Å². The lowest BCUT2D eigenvalue weighted by Gasteiger charge is -2.26. The van der Waals surface area contributed by atoms with E-state index < -0.39 is 5.82 Å². The summed E-state index contributed by atoms with van der Waals surface area (Å²) in [5, 5.41) is 7.60. The Morgan fingerprint density at radius 1 is 1.28 bits per heavy atom. The van der Waals surface area contributed by atoms with Gasteiger partial charge in [-0.25, -0.2) is 4.39 Å². The number of hydrogen-bond acceptors (Lipinski definition) is 3. The van der Waals surface area contributed by atoms with Crippen molar-refractivity contribution in [2.24, 2.45) is 0 Å². The molecule has 1 aromatic heterocycles. The third-order valence-electron chi connectivity index (χ3n) is 5.44. The van der Waals surface area contributed by atoms with Gasteiger partial charge < -0.3 is 10.1 Å². The molecule has 0 unspecified atom stereocenters. The molecule has 1 amide bonds. The Balaban J connectivity index is 1.62. The first kappa shape index (κ1) is 19.2. The summed E-state index contributed by atoms with van der Waals surface area (Å²) >= 11 is 0. The Bertz CT molecular complexity index is 1040. The third kappa shape index (κ3) is 3.75. The normalized spacial score (nSPS) is 15.6. The number of nitrogens with zero attached hydrogens (tertiary/aromatic N) is 2. The molecule has 0 saturated carbocycles. The van der Waals surface area contributed by atoms with Gasteiger partial charge in [-0.2, -0.15) is 5.10 Å². The number of ether oxygens (including phenoxy) is 1. The number of halogens is 1. The second-order valence-electron chi connectivity index (χ2n) is 7.19. The molecule has 1 N–H and O–H groups in total. The van der Waals surface area contributed by atoms with E-state index >= 15 is 0 Å². The van der Waals surface area contributed by atoms with Crippen molar-refractivity contribution in [1.29, 1.82) is 0 Å². The van der Waals surface area contributed by atoms with E-state index in [1.807, 2.05) is 19.1 Å². The lowest BCUT2D eigenvalue weighted by atomic mass is 9.87. The van der Waals surface area contributed by atoms with E-state index in [0.29, 0.717) is 29.2 Å². The highest BCUT2D eigenvalue weighted by molar-refractivity contribution is 5.94. The Morgan fingerprint density at radius 3 is 2.86 bits per heavy atom. The monoisotopic (exact) mass is 393 g/mol. The lowest BCUT2D eigenvalue weighted by Crippen LogP contribution is -2.32. The lowest BCUT2D eigenvalue weighted by molar-refractivity contribution is 0.0922. The smallest absolute Gasteiger partial charge is 0.270 e. The van der Waals surface area contributed by atoms with E-state index in [1.165, 1.54) is 24.3 Å². The minimum Gasteiger partial charge on any atom is -0.497 e. The Morgan fingerprint density at radius 2 is 2.10 bits per heavy atom. The third-order valence-corrected chi connectivity index (χ3v) is 5.44. The maximum absolute atomic E-state index is 14.5. The molecule has 1 atom stereocenters. The molecule has 1 heterocycles. The molecular formula is C23H24FN3O2. The van der Waals surface area contributed by atoms with Gasteiger partial charge in [0.15, 0.2) is 0 Å². The average Bonchev–Trinajstić information content (AvgIpc) is 3.18. The number of aromatic nitrogens is 2. The first-order valence-electron chi connectivity index (χ1n) is 9.91. The van der Waals surface area contributed by atoms with Crippen molar-refractivity contribution in [1.82, 2.24) is 15.1 Å². The standard InChI is InChI=1S/C23H24FN3O2/c1-3-27-22(14-21(26-27)18-12-11-16(29-2)13-19(18)24)23(28)25-20-10-6-8-15-7-4-5-9-17(15)20/h4-5,7,9,11-14,20H,3,6,8,10H2,1-2H3,(H,25,28)/t20-/m0/s1. The second-order valence-corrected chi connectivity index (χ2v) is 7.19. The number of benzene rings is 2. The second kappa shape index (κ2) is 8.07. The zero-order chi connectivity index (χ0) is 20.4. The summed E-state index contributed by atoms with van der Waals surface area (Å²) in [6.07, 6.45) is 2.98. The van der Waals surface area contributed by atoms with E-state index in [9.17, 15) is 9.18 Å². The van der Waals surface area contributed by atoms with Crippen molar-refractivity contribution in [3.63, 3.8) is 0 Å². The minimum absolute atomic E-state index is 0.0196. The number of nitrogens with one attached hydrogen (secondary N) is 1. The zero-order valence-corrected chi connectivity index (χ0v) is 16.6. The van der Waals surface area contributed by atoms with Crippen LogP contribution in [0, 0.1) is 5.82 Å². The summed E-state index contributed by atoms with van der Waals surface area (Å²) in [6.45, 7) is 2.43. The molecule has 0 fully saturated rings. The molecule has 1 aliphatic rings. The molecule has 4 rings (SSSR count). The van der Waals surface area contributed by atoms with Gasteiger partial charge in [0.2, 0.25) is 0 Å². The summed E-state index contributed by atoms with van der Waals surface area (Å²) in [7, 11) is 1.49. The first-order chi connectivity index (χ1) is 14.1. The van der Waals surface area contributed by atoms with Gasteiger partial charge in [-0.1, -0.05) is 24.3 Å². The Kier molecular flexibility index (Phi) is 5.34. The Hall–Kier alpha value is -3.15. The molecular weight excluding hydrogens is 369 g/mol. The number of methoxy groups -OCH3 is 1. The van der Waals surface area contributed by atoms with Crippen LogP contribution >= 0.6 is 0 Å². The van der Waals surface area contributed by atoms with Crippen LogP contribution in [0.4, 0.5) is 4.39 Å². The van der Waals surface area contributed by atoms with Gasteiger partial charge in [-0.3, -0.25) is 9.48 Å². The summed E-state index contributed by atoms with van der Waals surface area (Å²) in [5.74, 6) is -0.186. The van der Waals surface area contributed by atoms with Crippen molar-refractivity contribution in [2.75, 3.05) is 7.11 Å². The van der Waals surface area contributed by atoms with Gasteiger partial charge in [0, 0.05) is 18.2 Å². The molecule has 5 nitrogen and oxygen atoms in total. The summed E-state index contributed by atoms with van der Waals surface area (Å²) in [6, 6.07) is 14.5. The van der Waals surface area contributed by atoms with Gasteiger partial charge in [-0.15, -0.1) is 0 Å². The fourth-order valence-electron chi connectivity index (χ4n) is 3.94. The van der Waals surface area contributed by atoms with Crippen molar-refractivity contribution in [3.05, 3.63) is 71.2 Å². The van der Waals surface area contributed by atoms with E-state index in [0.717, 1.165) is 19.3 Å². The van der Waals surface area contributed by atoms with Gasteiger partial charge in [0.1, 0.15) is 17.3 Å². The summed E-state index contributed by atoms with van der Waals surface area (Å²) in [4.78, 5) is 13.0. The Labute approximate surface area is 169 Å². The molecule has 29 heavy (non-hydrogen) atoms. The van der Waals surface area contributed by atoms with Gasteiger partial charge in [0.05, 0.1) is 18.8 Å². The van der Waals surface area contributed by atoms with Crippen molar-refractivity contribution in [3.8, 4) is 17.0 Å².